The molecule has 2 amide bonds. The van der Waals surface area contributed by atoms with Crippen molar-refractivity contribution in [1.82, 2.24) is 20.1 Å². The lowest BCUT2D eigenvalue weighted by Crippen LogP contribution is -2.53. The quantitative estimate of drug-likeness (QED) is 0.617. The molecule has 34 heavy (non-hydrogen) atoms. The topological polar surface area (TPSA) is 104 Å². The molecule has 0 bridgehead atoms. The highest BCUT2D eigenvalue weighted by atomic mass is 19.1. The highest BCUT2D eigenvalue weighted by molar-refractivity contribution is 6.38. The maximum atomic E-state index is 13.5. The van der Waals surface area contributed by atoms with E-state index in [0.717, 1.165) is 5.56 Å². The van der Waals surface area contributed by atoms with Gasteiger partial charge in [-0.25, -0.2) is 4.39 Å². The monoisotopic (exact) mass is 469 g/mol. The van der Waals surface area contributed by atoms with Crippen LogP contribution in [0, 0.1) is 5.82 Å². The number of hydrogen-bond acceptors (Lipinski definition) is 7. The molecular weight excluding hydrogens is 441 g/mol. The number of fused-ring (bicyclic) bond motifs is 1. The highest BCUT2D eigenvalue weighted by Crippen LogP contribution is 2.35. The summed E-state index contributed by atoms with van der Waals surface area (Å²) in [5.74, 6) is -1.88. The molecule has 4 rings (SSSR count). The van der Waals surface area contributed by atoms with Crippen LogP contribution in [0.15, 0.2) is 30.3 Å². The molecule has 9 nitrogen and oxygen atoms in total. The van der Waals surface area contributed by atoms with E-state index >= 15 is 0 Å². The van der Waals surface area contributed by atoms with Gasteiger partial charge in [0.1, 0.15) is 17.2 Å². The van der Waals surface area contributed by atoms with Gasteiger partial charge in [-0.2, -0.15) is 4.98 Å². The van der Waals surface area contributed by atoms with E-state index in [1.807, 2.05) is 6.92 Å². The molecule has 1 aromatic heterocycles. The Bertz CT molecular complexity index is 1110. The third-order valence-corrected chi connectivity index (χ3v) is 6.35. The fourth-order valence-corrected chi connectivity index (χ4v) is 4.53. The van der Waals surface area contributed by atoms with E-state index in [9.17, 15) is 18.8 Å². The highest BCUT2D eigenvalue weighted by Gasteiger charge is 2.36. The van der Waals surface area contributed by atoms with Crippen molar-refractivity contribution in [3.8, 4) is 5.88 Å². The Balaban J connectivity index is 1.52. The summed E-state index contributed by atoms with van der Waals surface area (Å²) in [6, 6.07) is 7.96. The fourth-order valence-electron chi connectivity index (χ4n) is 4.53. The van der Waals surface area contributed by atoms with Gasteiger partial charge in [-0.05, 0) is 30.7 Å². The van der Waals surface area contributed by atoms with Gasteiger partial charge in [-0.15, -0.1) is 0 Å². The van der Waals surface area contributed by atoms with Crippen molar-refractivity contribution in [2.75, 3.05) is 45.7 Å². The molecule has 2 aliphatic rings. The van der Waals surface area contributed by atoms with Crippen molar-refractivity contribution in [2.45, 2.75) is 25.4 Å². The number of methoxy groups -OCH3 is 1. The molecule has 2 atom stereocenters. The zero-order valence-electron chi connectivity index (χ0n) is 19.4. The number of pyridine rings is 1. The number of likely N-dealkylation sites (N-methyl/N-ethyl adjacent to an activating group) is 1. The number of nitrogens with zero attached hydrogens (tertiary/aromatic N) is 3. The number of piperazine rings is 1. The van der Waals surface area contributed by atoms with Crippen molar-refractivity contribution < 1.29 is 23.5 Å². The summed E-state index contributed by atoms with van der Waals surface area (Å²) < 4.78 is 18.6. The zero-order chi connectivity index (χ0) is 24.4. The van der Waals surface area contributed by atoms with Gasteiger partial charge in [-0.3, -0.25) is 19.3 Å². The Morgan fingerprint density at radius 1 is 1.24 bits per heavy atom. The first-order chi connectivity index (χ1) is 16.3. The molecule has 0 spiro atoms. The molecule has 0 saturated carbocycles. The summed E-state index contributed by atoms with van der Waals surface area (Å²) in [5.41, 5.74) is 1.79. The molecule has 0 radical (unpaired) electrons. The first-order valence-corrected chi connectivity index (χ1v) is 11.2. The second kappa shape index (κ2) is 9.76. The van der Waals surface area contributed by atoms with Gasteiger partial charge in [0.25, 0.3) is 11.8 Å². The maximum absolute atomic E-state index is 13.5. The molecule has 2 N–H and O–H groups in total. The SMILES string of the molecule is CNC(=O)C(=O)C1CNc2nc(OC)c(C(=O)N3CCN(Cc4ccc(F)cc4)C[C@H]3C)cc21. The van der Waals surface area contributed by atoms with Crippen LogP contribution in [0.5, 0.6) is 5.88 Å². The van der Waals surface area contributed by atoms with Crippen molar-refractivity contribution in [1.29, 1.82) is 0 Å². The van der Waals surface area contributed by atoms with Crippen molar-refractivity contribution in [3.05, 3.63) is 52.8 Å². The number of nitrogens with one attached hydrogen (secondary N) is 2. The number of rotatable bonds is 6. The Kier molecular flexibility index (Phi) is 6.78. The molecule has 1 fully saturated rings. The van der Waals surface area contributed by atoms with Crippen molar-refractivity contribution >= 4 is 23.4 Å². The number of hydrogen-bond donors (Lipinski definition) is 2. The van der Waals surface area contributed by atoms with E-state index in [1.54, 1.807) is 23.1 Å². The summed E-state index contributed by atoms with van der Waals surface area (Å²) in [5, 5.41) is 5.38. The fraction of sp³-hybridized carbons (Fsp3) is 0.417. The standard InChI is InChI=1S/C24H28FN5O4/c1-14-12-29(13-15-4-6-16(25)7-5-15)8-9-30(14)24(33)18-10-17-19(20(31)22(32)26-2)11-27-21(17)28-23(18)34-3/h4-7,10,14,19H,8-9,11-13H2,1-3H3,(H,26,32)(H,27,28)/t14-,19?/m1/s1. The maximum Gasteiger partial charge on any atom is 0.287 e. The van der Waals surface area contributed by atoms with Gasteiger partial charge in [0.15, 0.2) is 0 Å². The van der Waals surface area contributed by atoms with E-state index in [2.05, 4.69) is 20.5 Å². The Morgan fingerprint density at radius 2 is 1.97 bits per heavy atom. The normalized spacial score (nSPS) is 19.8. The number of ether oxygens (including phenoxy) is 1. The predicted molar refractivity (Wildman–Crippen MR) is 123 cm³/mol. The predicted octanol–water partition coefficient (Wildman–Crippen LogP) is 1.40. The van der Waals surface area contributed by atoms with Crippen LogP contribution >= 0.6 is 0 Å². The lowest BCUT2D eigenvalue weighted by Gasteiger charge is -2.40. The van der Waals surface area contributed by atoms with E-state index in [0.29, 0.717) is 37.6 Å². The summed E-state index contributed by atoms with van der Waals surface area (Å²) in [4.78, 5) is 46.3. The average Bonchev–Trinajstić information content (AvgIpc) is 3.26. The third kappa shape index (κ3) is 4.58. The summed E-state index contributed by atoms with van der Waals surface area (Å²) in [6.07, 6.45) is 0. The lowest BCUT2D eigenvalue weighted by molar-refractivity contribution is -0.138. The van der Waals surface area contributed by atoms with Crippen LogP contribution in [0.1, 0.15) is 34.3 Å². The number of carbonyl (C=O) groups is 3. The number of amides is 2. The van der Waals surface area contributed by atoms with Gasteiger partial charge in [0, 0.05) is 51.4 Å². The second-order valence-electron chi connectivity index (χ2n) is 8.57. The first-order valence-electron chi connectivity index (χ1n) is 11.2. The Labute approximate surface area is 197 Å². The first kappa shape index (κ1) is 23.6. The summed E-state index contributed by atoms with van der Waals surface area (Å²) in [7, 11) is 2.85. The van der Waals surface area contributed by atoms with E-state index in [1.165, 1.54) is 26.3 Å². The van der Waals surface area contributed by atoms with Crippen LogP contribution in [-0.2, 0) is 16.1 Å². The van der Waals surface area contributed by atoms with Gasteiger partial charge in [-0.1, -0.05) is 12.1 Å². The number of halogens is 1. The minimum Gasteiger partial charge on any atom is -0.480 e. The zero-order valence-corrected chi connectivity index (χ0v) is 19.4. The van der Waals surface area contributed by atoms with Crippen LogP contribution in [0.25, 0.3) is 0 Å². The van der Waals surface area contributed by atoms with Crippen LogP contribution < -0.4 is 15.4 Å². The van der Waals surface area contributed by atoms with Crippen LogP contribution in [0.2, 0.25) is 0 Å². The smallest absolute Gasteiger partial charge is 0.287 e. The van der Waals surface area contributed by atoms with Crippen molar-refractivity contribution in [2.24, 2.45) is 0 Å². The number of carbonyl (C=O) groups excluding carboxylic acids is 3. The molecule has 0 aliphatic carbocycles. The molecule has 2 aliphatic heterocycles. The van der Waals surface area contributed by atoms with E-state index in [4.69, 9.17) is 4.74 Å². The molecule has 2 aromatic rings. The van der Waals surface area contributed by atoms with Crippen LogP contribution in [-0.4, -0.2) is 78.8 Å². The molecule has 1 saturated heterocycles. The van der Waals surface area contributed by atoms with Crippen molar-refractivity contribution in [3.63, 3.8) is 0 Å². The number of anilines is 1. The Hall–Kier alpha value is -3.53. The number of Topliss-reactive ketones (excluding diaryl/α,β-unsaturated/α-hetero) is 1. The van der Waals surface area contributed by atoms with Crippen LogP contribution in [0.3, 0.4) is 0 Å². The number of aromatic nitrogens is 1. The molecule has 1 unspecified atom stereocenters. The molecule has 180 valence electrons. The largest absolute Gasteiger partial charge is 0.480 e. The number of ketones is 1. The van der Waals surface area contributed by atoms with Gasteiger partial charge < -0.3 is 20.3 Å². The molecule has 10 heteroatoms. The lowest BCUT2D eigenvalue weighted by atomic mass is 9.96. The molecule has 3 heterocycles. The Morgan fingerprint density at radius 3 is 2.62 bits per heavy atom. The molecule has 1 aromatic carbocycles. The summed E-state index contributed by atoms with van der Waals surface area (Å²) >= 11 is 0. The minimum atomic E-state index is -0.718. The minimum absolute atomic E-state index is 0.0823. The third-order valence-electron chi connectivity index (χ3n) is 6.35. The van der Waals surface area contributed by atoms with Gasteiger partial charge >= 0.3 is 0 Å². The number of benzene rings is 1. The average molecular weight is 470 g/mol. The van der Waals surface area contributed by atoms with Gasteiger partial charge in [0.05, 0.1) is 13.0 Å². The molecular formula is C24H28FN5O4. The van der Waals surface area contributed by atoms with Gasteiger partial charge in [0.2, 0.25) is 11.7 Å². The summed E-state index contributed by atoms with van der Waals surface area (Å²) in [6.45, 7) is 4.69. The van der Waals surface area contributed by atoms with E-state index < -0.39 is 17.6 Å². The second-order valence-corrected chi connectivity index (χ2v) is 8.57. The van der Waals surface area contributed by atoms with Crippen LogP contribution in [0.4, 0.5) is 10.2 Å². The van der Waals surface area contributed by atoms with E-state index in [-0.39, 0.29) is 35.8 Å².